The second kappa shape index (κ2) is 7.09. The molecule has 0 saturated heterocycles. The molecule has 1 aromatic carbocycles. The van der Waals surface area contributed by atoms with Gasteiger partial charge in [-0.25, -0.2) is 0 Å². The Balaban J connectivity index is 2.26. The number of aromatic nitrogens is 1. The average Bonchev–Trinajstić information content (AvgIpc) is 2.45. The number of hydrogen-bond donors (Lipinski definition) is 2. The van der Waals surface area contributed by atoms with Crippen LogP contribution in [-0.4, -0.2) is 17.6 Å². The summed E-state index contributed by atoms with van der Waals surface area (Å²) < 4.78 is 5.68. The zero-order valence-electron chi connectivity index (χ0n) is 12.8. The molecular weight excluding hydrogens is 264 g/mol. The third kappa shape index (κ3) is 4.20. The molecule has 1 heterocycles. The van der Waals surface area contributed by atoms with E-state index < -0.39 is 0 Å². The Kier molecular flexibility index (Phi) is 5.17. The predicted octanol–water partition coefficient (Wildman–Crippen LogP) is 2.94. The lowest BCUT2D eigenvalue weighted by atomic mass is 10.1. The van der Waals surface area contributed by atoms with Gasteiger partial charge in [-0.2, -0.15) is 0 Å². The van der Waals surface area contributed by atoms with Crippen molar-refractivity contribution in [2.24, 2.45) is 0 Å². The van der Waals surface area contributed by atoms with Crippen molar-refractivity contribution in [1.29, 1.82) is 0 Å². The Hall–Kier alpha value is -2.07. The summed E-state index contributed by atoms with van der Waals surface area (Å²) in [4.78, 5) is 15.0. The summed E-state index contributed by atoms with van der Waals surface area (Å²) in [5, 5.41) is 3.16. The third-order valence-corrected chi connectivity index (χ3v) is 3.07. The first-order valence-corrected chi connectivity index (χ1v) is 7.30. The fourth-order valence-corrected chi connectivity index (χ4v) is 2.08. The highest BCUT2D eigenvalue weighted by Crippen LogP contribution is 2.22. The number of pyridine rings is 1. The monoisotopic (exact) mass is 286 g/mol. The Morgan fingerprint density at radius 3 is 2.71 bits per heavy atom. The Bertz CT molecular complexity index is 647. The number of nitrogens with one attached hydrogen (secondary N) is 2. The first kappa shape index (κ1) is 15.3. The van der Waals surface area contributed by atoms with Crippen molar-refractivity contribution in [1.82, 2.24) is 10.3 Å². The van der Waals surface area contributed by atoms with Gasteiger partial charge < -0.3 is 15.0 Å². The van der Waals surface area contributed by atoms with Gasteiger partial charge in [-0.05, 0) is 38.6 Å². The molecule has 4 heteroatoms. The van der Waals surface area contributed by atoms with Crippen molar-refractivity contribution in [2.75, 3.05) is 6.54 Å². The van der Waals surface area contributed by atoms with Crippen LogP contribution in [0.1, 0.15) is 26.3 Å². The highest BCUT2D eigenvalue weighted by molar-refractivity contribution is 5.61. The fourth-order valence-electron chi connectivity index (χ4n) is 2.08. The normalized spacial score (nSPS) is 10.9. The Labute approximate surface area is 125 Å². The standard InChI is InChI=1S/C17H22N2O2/c1-4-18-11-14-8-9-16(19-17(14)20)13-6-5-7-15(10-13)21-12(2)3/h5-10,12,18H,4,11H2,1-3H3,(H,19,20). The zero-order valence-corrected chi connectivity index (χ0v) is 12.8. The van der Waals surface area contributed by atoms with E-state index in [0.717, 1.165) is 29.1 Å². The Morgan fingerprint density at radius 1 is 1.24 bits per heavy atom. The molecule has 0 amide bonds. The van der Waals surface area contributed by atoms with E-state index in [0.29, 0.717) is 6.54 Å². The quantitative estimate of drug-likeness (QED) is 0.858. The van der Waals surface area contributed by atoms with Crippen LogP contribution in [0.2, 0.25) is 0 Å². The summed E-state index contributed by atoms with van der Waals surface area (Å²) in [7, 11) is 0. The van der Waals surface area contributed by atoms with Crippen molar-refractivity contribution in [3.63, 3.8) is 0 Å². The van der Waals surface area contributed by atoms with Crippen LogP contribution in [0.3, 0.4) is 0 Å². The summed E-state index contributed by atoms with van der Waals surface area (Å²) >= 11 is 0. The molecule has 0 bridgehead atoms. The maximum absolute atomic E-state index is 12.1. The number of benzene rings is 1. The molecule has 0 fully saturated rings. The van der Waals surface area contributed by atoms with Gasteiger partial charge in [0.2, 0.25) is 0 Å². The number of rotatable bonds is 6. The van der Waals surface area contributed by atoms with Crippen LogP contribution in [0.4, 0.5) is 0 Å². The summed E-state index contributed by atoms with van der Waals surface area (Å²) in [6.45, 7) is 7.43. The minimum atomic E-state index is -0.0522. The largest absolute Gasteiger partial charge is 0.491 e. The van der Waals surface area contributed by atoms with Crippen LogP contribution in [0.15, 0.2) is 41.2 Å². The number of aromatic amines is 1. The van der Waals surface area contributed by atoms with E-state index in [1.54, 1.807) is 0 Å². The van der Waals surface area contributed by atoms with Crippen LogP contribution in [-0.2, 0) is 6.54 Å². The van der Waals surface area contributed by atoms with Crippen molar-refractivity contribution >= 4 is 0 Å². The molecular formula is C17H22N2O2. The second-order valence-electron chi connectivity index (χ2n) is 5.20. The van der Waals surface area contributed by atoms with E-state index >= 15 is 0 Å². The van der Waals surface area contributed by atoms with Crippen LogP contribution < -0.4 is 15.6 Å². The van der Waals surface area contributed by atoms with Gasteiger partial charge in [0.15, 0.2) is 0 Å². The summed E-state index contributed by atoms with van der Waals surface area (Å²) in [5.41, 5.74) is 2.44. The lowest BCUT2D eigenvalue weighted by molar-refractivity contribution is 0.242. The molecule has 0 atom stereocenters. The second-order valence-corrected chi connectivity index (χ2v) is 5.20. The fraction of sp³-hybridized carbons (Fsp3) is 0.353. The first-order valence-electron chi connectivity index (χ1n) is 7.30. The van der Waals surface area contributed by atoms with Crippen molar-refractivity contribution < 1.29 is 4.74 Å². The van der Waals surface area contributed by atoms with Crippen molar-refractivity contribution in [3.05, 3.63) is 52.3 Å². The van der Waals surface area contributed by atoms with Gasteiger partial charge in [0.05, 0.1) is 6.10 Å². The molecule has 2 rings (SSSR count). The maximum atomic E-state index is 12.1. The molecule has 2 N–H and O–H groups in total. The molecule has 21 heavy (non-hydrogen) atoms. The van der Waals surface area contributed by atoms with Crippen LogP contribution in [0, 0.1) is 0 Å². The van der Waals surface area contributed by atoms with Gasteiger partial charge in [-0.1, -0.05) is 25.1 Å². The van der Waals surface area contributed by atoms with Gasteiger partial charge in [-0.15, -0.1) is 0 Å². The van der Waals surface area contributed by atoms with Crippen LogP contribution in [0.25, 0.3) is 11.3 Å². The topological polar surface area (TPSA) is 54.1 Å². The molecule has 0 unspecified atom stereocenters. The molecule has 112 valence electrons. The predicted molar refractivity (Wildman–Crippen MR) is 85.6 cm³/mol. The molecule has 4 nitrogen and oxygen atoms in total. The molecule has 0 aliphatic carbocycles. The minimum Gasteiger partial charge on any atom is -0.491 e. The molecule has 0 aliphatic heterocycles. The number of ether oxygens (including phenoxy) is 1. The third-order valence-electron chi connectivity index (χ3n) is 3.07. The molecule has 0 saturated carbocycles. The summed E-state index contributed by atoms with van der Waals surface area (Å²) in [6.07, 6.45) is 0.127. The molecule has 2 aromatic rings. The average molecular weight is 286 g/mol. The van der Waals surface area contributed by atoms with Crippen LogP contribution in [0.5, 0.6) is 5.75 Å². The van der Waals surface area contributed by atoms with Crippen molar-refractivity contribution in [2.45, 2.75) is 33.4 Å². The lowest BCUT2D eigenvalue weighted by Gasteiger charge is -2.11. The van der Waals surface area contributed by atoms with Gasteiger partial charge >= 0.3 is 0 Å². The van der Waals surface area contributed by atoms with Gasteiger partial charge in [0.25, 0.3) is 5.56 Å². The van der Waals surface area contributed by atoms with Crippen molar-refractivity contribution in [3.8, 4) is 17.0 Å². The van der Waals surface area contributed by atoms with E-state index in [1.165, 1.54) is 0 Å². The van der Waals surface area contributed by atoms with E-state index in [-0.39, 0.29) is 11.7 Å². The van der Waals surface area contributed by atoms with E-state index in [9.17, 15) is 4.79 Å². The highest BCUT2D eigenvalue weighted by atomic mass is 16.5. The zero-order chi connectivity index (χ0) is 15.2. The van der Waals surface area contributed by atoms with Gasteiger partial charge in [-0.3, -0.25) is 4.79 Å². The number of hydrogen-bond acceptors (Lipinski definition) is 3. The van der Waals surface area contributed by atoms with Crippen LogP contribution >= 0.6 is 0 Å². The summed E-state index contributed by atoms with van der Waals surface area (Å²) in [5.74, 6) is 0.806. The Morgan fingerprint density at radius 2 is 2.05 bits per heavy atom. The summed E-state index contributed by atoms with van der Waals surface area (Å²) in [6, 6.07) is 11.5. The minimum absolute atomic E-state index is 0.0522. The molecule has 0 spiro atoms. The maximum Gasteiger partial charge on any atom is 0.252 e. The van der Waals surface area contributed by atoms with E-state index in [4.69, 9.17) is 4.74 Å². The molecule has 1 aromatic heterocycles. The number of H-pyrrole nitrogens is 1. The van der Waals surface area contributed by atoms with Gasteiger partial charge in [0.1, 0.15) is 5.75 Å². The SMILES string of the molecule is CCNCc1ccc(-c2cccc(OC(C)C)c2)[nH]c1=O. The first-order chi connectivity index (χ1) is 10.1. The van der Waals surface area contributed by atoms with Gasteiger partial charge in [0, 0.05) is 23.4 Å². The van der Waals surface area contributed by atoms with E-state index in [1.807, 2.05) is 57.2 Å². The smallest absolute Gasteiger partial charge is 0.252 e. The lowest BCUT2D eigenvalue weighted by Crippen LogP contribution is -2.20. The highest BCUT2D eigenvalue weighted by Gasteiger charge is 2.05. The molecule has 0 aliphatic rings. The molecule has 0 radical (unpaired) electrons. The van der Waals surface area contributed by atoms with E-state index in [2.05, 4.69) is 10.3 Å².